The lowest BCUT2D eigenvalue weighted by Crippen LogP contribution is -2.52. The van der Waals surface area contributed by atoms with Crippen molar-refractivity contribution in [2.24, 2.45) is 0 Å². The van der Waals surface area contributed by atoms with Crippen molar-refractivity contribution in [2.45, 2.75) is 22.1 Å². The topological polar surface area (TPSA) is 161 Å². The van der Waals surface area contributed by atoms with Gasteiger partial charge in [-0.1, -0.05) is 46.4 Å². The second-order valence-corrected chi connectivity index (χ2v) is 17.8. The molecule has 0 aliphatic carbocycles. The van der Waals surface area contributed by atoms with Crippen molar-refractivity contribution >= 4 is 99.5 Å². The summed E-state index contributed by atoms with van der Waals surface area (Å²) in [4.78, 5) is 19.8. The first kappa shape index (κ1) is 46.9. The minimum absolute atomic E-state index is 0.00265. The highest BCUT2D eigenvalue weighted by atomic mass is 79.9. The molecule has 320 valence electrons. The number of anilines is 2. The van der Waals surface area contributed by atoms with Gasteiger partial charge in [-0.05, 0) is 75.2 Å². The molecule has 0 bridgehead atoms. The molecule has 13 nitrogen and oxygen atoms in total. The summed E-state index contributed by atoms with van der Waals surface area (Å²) in [5, 5.41) is -1.15. The van der Waals surface area contributed by atoms with Gasteiger partial charge in [-0.25, -0.2) is 31.1 Å². The van der Waals surface area contributed by atoms with Crippen molar-refractivity contribution in [3.05, 3.63) is 126 Å². The van der Waals surface area contributed by atoms with Crippen LogP contribution in [-0.4, -0.2) is 59.6 Å². The van der Waals surface area contributed by atoms with E-state index in [0.717, 1.165) is 40.8 Å². The molecule has 0 unspecified atom stereocenters. The zero-order valence-electron chi connectivity index (χ0n) is 29.7. The SMILES string of the molecule is COCN(c1cc(Cl)cnc1Br)S(=O)(=O)c1ccc(Cl)c(C(F)(F)F)c1.O=C(c1ccc[n+]2c1OCCN2)c1ncc(Cl)cc1NS(=O)(=O)c1ccc(Cl)c(C(F)(F)F)c1. The van der Waals surface area contributed by atoms with Gasteiger partial charge in [0.1, 0.15) is 35.7 Å². The normalized spacial score (nSPS) is 12.9. The first-order valence-electron chi connectivity index (χ1n) is 16.2. The minimum atomic E-state index is -4.88. The van der Waals surface area contributed by atoms with Crippen molar-refractivity contribution in [3.8, 4) is 5.88 Å². The fourth-order valence-corrected chi connectivity index (χ4v) is 8.95. The van der Waals surface area contributed by atoms with Crippen molar-refractivity contribution in [2.75, 3.05) is 41.4 Å². The number of fused-ring (bicyclic) bond motifs is 1. The maximum Gasteiger partial charge on any atom is 0.417 e. The largest absolute Gasteiger partial charge is 0.440 e. The van der Waals surface area contributed by atoms with E-state index in [9.17, 15) is 48.0 Å². The van der Waals surface area contributed by atoms with Gasteiger partial charge in [-0.3, -0.25) is 9.52 Å². The van der Waals surface area contributed by atoms with E-state index in [4.69, 9.17) is 55.9 Å². The average Bonchev–Trinajstić information content (AvgIpc) is 3.17. The summed E-state index contributed by atoms with van der Waals surface area (Å²) in [5.41, 5.74) is -0.165. The number of nitrogens with one attached hydrogen (secondary N) is 2. The molecule has 4 heterocycles. The molecule has 0 radical (unpaired) electrons. The number of rotatable bonds is 10. The lowest BCUT2D eigenvalue weighted by Gasteiger charge is -2.24. The number of hydrogen-bond acceptors (Lipinski definition) is 10. The number of pyridine rings is 3. The number of methoxy groups -OCH3 is 1. The van der Waals surface area contributed by atoms with E-state index in [2.05, 4.69) is 36.0 Å². The van der Waals surface area contributed by atoms with Gasteiger partial charge < -0.3 is 9.47 Å². The molecule has 0 fully saturated rings. The van der Waals surface area contributed by atoms with Gasteiger partial charge in [0.25, 0.3) is 20.0 Å². The Morgan fingerprint density at radius 1 is 0.900 bits per heavy atom. The highest BCUT2D eigenvalue weighted by Crippen LogP contribution is 2.39. The number of carbonyl (C=O) groups excluding carboxylic acids is 1. The first-order valence-corrected chi connectivity index (χ1v) is 21.4. The molecule has 5 aromatic rings. The summed E-state index contributed by atoms with van der Waals surface area (Å²) in [6.45, 7) is 0.309. The van der Waals surface area contributed by atoms with Gasteiger partial charge in [0.05, 0.1) is 52.4 Å². The lowest BCUT2D eigenvalue weighted by molar-refractivity contribution is -0.663. The van der Waals surface area contributed by atoms with Gasteiger partial charge in [-0.2, -0.15) is 31.8 Å². The number of ether oxygens (including phenoxy) is 2. The van der Waals surface area contributed by atoms with E-state index in [1.54, 1.807) is 12.3 Å². The molecular weight excluding hydrogens is 1000 g/mol. The fourth-order valence-electron chi connectivity index (χ4n) is 5.15. The minimum Gasteiger partial charge on any atom is -0.440 e. The predicted octanol–water partition coefficient (Wildman–Crippen LogP) is 8.63. The average molecular weight is 1030 g/mol. The predicted molar refractivity (Wildman–Crippen MR) is 211 cm³/mol. The quantitative estimate of drug-likeness (QED) is 0.0456. The first-order chi connectivity index (χ1) is 27.9. The van der Waals surface area contributed by atoms with Gasteiger partial charge in [0.15, 0.2) is 0 Å². The van der Waals surface area contributed by atoms with Crippen molar-refractivity contribution < 1.29 is 62.1 Å². The molecule has 0 spiro atoms. The molecule has 0 saturated heterocycles. The summed E-state index contributed by atoms with van der Waals surface area (Å²) in [5.74, 6) is -0.508. The molecular formula is C34H24BrCl4F6N6O7S2+. The standard InChI is InChI=1S/C20H13Cl2F3N4O4S.C14H10BrCl2F3N2O3S/c21-11-8-16(28-34(31,32)12-3-4-15(22)14(9-12)20(23,24)25)17(26-10-11)18(30)13-2-1-6-29-19(13)33-7-5-27-29;1-25-7-22(12-4-8(16)6-21-13(12)15)26(23,24)9-2-3-11(17)10(5-9)14(18,19)20/h1-4,6,8-10,27H,5,7H2;2-6H,7H2,1H3/p+1. The third-order valence-corrected chi connectivity index (χ3v) is 12.6. The molecule has 26 heteroatoms. The Morgan fingerprint density at radius 2 is 1.48 bits per heavy atom. The maximum absolute atomic E-state index is 13.3. The molecule has 6 rings (SSSR count). The molecule has 2 aromatic carbocycles. The zero-order chi connectivity index (χ0) is 44.4. The lowest BCUT2D eigenvalue weighted by atomic mass is 10.1. The second kappa shape index (κ2) is 18.4. The van der Waals surface area contributed by atoms with E-state index in [0.29, 0.717) is 18.7 Å². The van der Waals surface area contributed by atoms with E-state index >= 15 is 0 Å². The number of hydrogen-bond donors (Lipinski definition) is 2. The maximum atomic E-state index is 13.3. The number of aromatic nitrogens is 3. The number of halogens is 11. The van der Waals surface area contributed by atoms with Crippen LogP contribution >= 0.6 is 62.3 Å². The van der Waals surface area contributed by atoms with Crippen LogP contribution in [0.3, 0.4) is 0 Å². The van der Waals surface area contributed by atoms with Crippen molar-refractivity contribution in [1.82, 2.24) is 9.97 Å². The summed E-state index contributed by atoms with van der Waals surface area (Å²) in [6, 6.07) is 9.88. The van der Waals surface area contributed by atoms with Gasteiger partial charge in [0, 0.05) is 25.6 Å². The number of benzene rings is 2. The highest BCUT2D eigenvalue weighted by molar-refractivity contribution is 9.10. The van der Waals surface area contributed by atoms with Crippen LogP contribution in [0.25, 0.3) is 0 Å². The smallest absolute Gasteiger partial charge is 0.417 e. The van der Waals surface area contributed by atoms with Crippen LogP contribution in [0.1, 0.15) is 27.2 Å². The van der Waals surface area contributed by atoms with Crippen LogP contribution in [0.4, 0.5) is 37.7 Å². The summed E-state index contributed by atoms with van der Waals surface area (Å²) >= 11 is 26.0. The Morgan fingerprint density at radius 3 is 2.10 bits per heavy atom. The van der Waals surface area contributed by atoms with Crippen LogP contribution in [-0.2, 0) is 37.1 Å². The molecule has 0 atom stereocenters. The Kier molecular flexibility index (Phi) is 14.4. The molecule has 60 heavy (non-hydrogen) atoms. The Balaban J connectivity index is 0.000000237. The Bertz CT molecular complexity index is 2680. The van der Waals surface area contributed by atoms with E-state index in [-0.39, 0.29) is 49.8 Å². The summed E-state index contributed by atoms with van der Waals surface area (Å²) in [6.07, 6.45) is -5.65. The highest BCUT2D eigenvalue weighted by Gasteiger charge is 2.37. The molecule has 0 amide bonds. The van der Waals surface area contributed by atoms with E-state index in [1.165, 1.54) is 30.1 Å². The second-order valence-electron chi connectivity index (χ2n) is 11.9. The molecule has 1 aliphatic rings. The molecule has 3 aromatic heterocycles. The van der Waals surface area contributed by atoms with Crippen LogP contribution in [0.5, 0.6) is 5.88 Å². The van der Waals surface area contributed by atoms with Crippen molar-refractivity contribution in [1.29, 1.82) is 0 Å². The Hall–Kier alpha value is -4.16. The zero-order valence-corrected chi connectivity index (χ0v) is 36.0. The molecule has 1 aliphatic heterocycles. The number of sulfonamides is 2. The van der Waals surface area contributed by atoms with Gasteiger partial charge in [-0.15, -0.1) is 0 Å². The van der Waals surface area contributed by atoms with E-state index in [1.807, 2.05) is 0 Å². The molecule has 0 saturated carbocycles. The fraction of sp³-hybridized carbons (Fsp3) is 0.176. The Labute approximate surface area is 365 Å². The third kappa shape index (κ3) is 10.6. The number of carbonyl (C=O) groups is 1. The van der Waals surface area contributed by atoms with Crippen LogP contribution < -0.4 is 23.9 Å². The van der Waals surface area contributed by atoms with Crippen LogP contribution in [0.15, 0.2) is 93.6 Å². The number of alkyl halides is 6. The summed E-state index contributed by atoms with van der Waals surface area (Å²) < 4.78 is 145. The number of nitrogens with zero attached hydrogens (tertiary/aromatic N) is 4. The van der Waals surface area contributed by atoms with Crippen molar-refractivity contribution in [3.63, 3.8) is 0 Å². The van der Waals surface area contributed by atoms with Crippen LogP contribution in [0.2, 0.25) is 20.1 Å². The van der Waals surface area contributed by atoms with Crippen LogP contribution in [0, 0.1) is 0 Å². The number of ketones is 1. The summed E-state index contributed by atoms with van der Waals surface area (Å²) in [7, 11) is -7.79. The van der Waals surface area contributed by atoms with Gasteiger partial charge >= 0.3 is 18.2 Å². The van der Waals surface area contributed by atoms with Gasteiger partial charge in [0.2, 0.25) is 12.0 Å². The monoisotopic (exact) mass is 1020 g/mol. The molecule has 2 N–H and O–H groups in total. The van der Waals surface area contributed by atoms with E-state index < -0.39 is 75.9 Å². The third-order valence-electron chi connectivity index (χ3n) is 7.82.